The van der Waals surface area contributed by atoms with Gasteiger partial charge in [-0.3, -0.25) is 0 Å². The summed E-state index contributed by atoms with van der Waals surface area (Å²) in [6.45, 7) is 7.70. The van der Waals surface area contributed by atoms with Gasteiger partial charge in [-0.1, -0.05) is 33.6 Å². The zero-order chi connectivity index (χ0) is 10.6. The van der Waals surface area contributed by atoms with E-state index in [1.165, 1.54) is 25.7 Å². The molecule has 0 aliphatic heterocycles. The first-order valence-electron chi connectivity index (χ1n) is 5.76. The maximum atomic E-state index is 5.93. The summed E-state index contributed by atoms with van der Waals surface area (Å²) in [7, 11) is 0. The minimum atomic E-state index is 0.320. The first-order chi connectivity index (χ1) is 6.54. The lowest BCUT2D eigenvalue weighted by Gasteiger charge is -2.30. The fourth-order valence-electron chi connectivity index (χ4n) is 1.88. The van der Waals surface area contributed by atoms with Gasteiger partial charge >= 0.3 is 0 Å². The molecular formula is C12H24OS. The summed E-state index contributed by atoms with van der Waals surface area (Å²) in [4.78, 5) is 0. The summed E-state index contributed by atoms with van der Waals surface area (Å²) in [6.07, 6.45) is 5.78. The van der Waals surface area contributed by atoms with Gasteiger partial charge in [0, 0.05) is 0 Å². The van der Waals surface area contributed by atoms with E-state index < -0.39 is 0 Å². The molecule has 0 aromatic rings. The van der Waals surface area contributed by atoms with Gasteiger partial charge in [-0.05, 0) is 29.9 Å². The van der Waals surface area contributed by atoms with Crippen LogP contribution in [0.4, 0.5) is 0 Å². The summed E-state index contributed by atoms with van der Waals surface area (Å²) >= 11 is 4.41. The topological polar surface area (TPSA) is 9.23 Å². The lowest BCUT2D eigenvalue weighted by Crippen LogP contribution is -2.28. The average Bonchev–Trinajstić information content (AvgIpc) is 2.55. The molecule has 0 saturated heterocycles. The summed E-state index contributed by atoms with van der Waals surface area (Å²) in [5.41, 5.74) is 0.320. The quantitative estimate of drug-likeness (QED) is 0.707. The molecule has 1 aliphatic carbocycles. The molecule has 1 fully saturated rings. The molecular weight excluding hydrogens is 192 g/mol. The molecule has 0 spiro atoms. The van der Waals surface area contributed by atoms with E-state index in [4.69, 9.17) is 4.74 Å². The van der Waals surface area contributed by atoms with Crippen LogP contribution in [-0.4, -0.2) is 18.5 Å². The van der Waals surface area contributed by atoms with Crippen LogP contribution >= 0.6 is 12.6 Å². The molecule has 0 aromatic heterocycles. The van der Waals surface area contributed by atoms with Crippen LogP contribution in [0.1, 0.15) is 46.5 Å². The first kappa shape index (κ1) is 12.4. The lowest BCUT2D eigenvalue weighted by molar-refractivity contribution is 0.0130. The van der Waals surface area contributed by atoms with Crippen molar-refractivity contribution in [2.24, 2.45) is 11.3 Å². The molecule has 84 valence electrons. The molecule has 2 heteroatoms. The number of hydrogen-bond acceptors (Lipinski definition) is 2. The highest BCUT2D eigenvalue weighted by Crippen LogP contribution is 2.29. The predicted octanol–water partition coefficient (Wildman–Crippen LogP) is 3.54. The average molecular weight is 216 g/mol. The minimum Gasteiger partial charge on any atom is -0.378 e. The van der Waals surface area contributed by atoms with E-state index in [0.29, 0.717) is 17.4 Å². The molecule has 1 rings (SSSR count). The molecule has 0 aromatic carbocycles. The van der Waals surface area contributed by atoms with Gasteiger partial charge in [-0.25, -0.2) is 0 Å². The first-order valence-corrected chi connectivity index (χ1v) is 6.39. The zero-order valence-electron chi connectivity index (χ0n) is 9.75. The van der Waals surface area contributed by atoms with Crippen molar-refractivity contribution < 1.29 is 4.74 Å². The Hall–Kier alpha value is 0.310. The monoisotopic (exact) mass is 216 g/mol. The Morgan fingerprint density at radius 3 is 2.29 bits per heavy atom. The zero-order valence-corrected chi connectivity index (χ0v) is 10.6. The van der Waals surface area contributed by atoms with Crippen molar-refractivity contribution in [2.75, 3.05) is 12.4 Å². The number of rotatable bonds is 4. The molecule has 1 atom stereocenters. The van der Waals surface area contributed by atoms with Crippen LogP contribution in [0.5, 0.6) is 0 Å². The molecule has 0 heterocycles. The van der Waals surface area contributed by atoms with Gasteiger partial charge in [0.25, 0.3) is 0 Å². The minimum absolute atomic E-state index is 0.320. The Balaban J connectivity index is 2.26. The largest absolute Gasteiger partial charge is 0.378 e. The van der Waals surface area contributed by atoms with Crippen LogP contribution in [0.3, 0.4) is 0 Å². The van der Waals surface area contributed by atoms with Crippen molar-refractivity contribution in [3.8, 4) is 0 Å². The Bertz CT molecular complexity index is 156. The fraction of sp³-hybridized carbons (Fsp3) is 1.00. The third-order valence-electron chi connectivity index (χ3n) is 3.28. The predicted molar refractivity (Wildman–Crippen MR) is 65.0 cm³/mol. The van der Waals surface area contributed by atoms with Crippen LogP contribution in [0.2, 0.25) is 0 Å². The van der Waals surface area contributed by atoms with E-state index in [-0.39, 0.29) is 0 Å². The Morgan fingerprint density at radius 1 is 1.29 bits per heavy atom. The van der Waals surface area contributed by atoms with Gasteiger partial charge in [-0.15, -0.1) is 0 Å². The highest BCUT2D eigenvalue weighted by molar-refractivity contribution is 7.80. The Kier molecular flexibility index (Phi) is 4.78. The second kappa shape index (κ2) is 5.41. The number of ether oxygens (including phenoxy) is 1. The molecule has 1 saturated carbocycles. The van der Waals surface area contributed by atoms with Crippen LogP contribution < -0.4 is 0 Å². The fourth-order valence-corrected chi connectivity index (χ4v) is 2.54. The molecule has 1 nitrogen and oxygen atoms in total. The van der Waals surface area contributed by atoms with E-state index in [1.54, 1.807) is 0 Å². The van der Waals surface area contributed by atoms with Crippen LogP contribution in [-0.2, 0) is 4.74 Å². The van der Waals surface area contributed by atoms with Gasteiger partial charge < -0.3 is 4.74 Å². The highest BCUT2D eigenvalue weighted by atomic mass is 32.1. The molecule has 1 aliphatic rings. The number of thiol groups is 1. The smallest absolute Gasteiger partial charge is 0.0575 e. The third kappa shape index (κ3) is 3.82. The summed E-state index contributed by atoms with van der Waals surface area (Å²) < 4.78 is 5.93. The maximum absolute atomic E-state index is 5.93. The van der Waals surface area contributed by atoms with E-state index in [2.05, 4.69) is 33.4 Å². The van der Waals surface area contributed by atoms with Gasteiger partial charge in [0.05, 0.1) is 12.7 Å². The third-order valence-corrected chi connectivity index (χ3v) is 3.72. The normalized spacial score (nSPS) is 21.4. The molecule has 14 heavy (non-hydrogen) atoms. The Labute approximate surface area is 94.0 Å². The molecule has 0 radical (unpaired) electrons. The van der Waals surface area contributed by atoms with Crippen molar-refractivity contribution in [3.63, 3.8) is 0 Å². The molecule has 0 bridgehead atoms. The lowest BCUT2D eigenvalue weighted by atomic mass is 9.82. The van der Waals surface area contributed by atoms with Crippen LogP contribution in [0, 0.1) is 11.3 Å². The van der Waals surface area contributed by atoms with Crippen molar-refractivity contribution in [3.05, 3.63) is 0 Å². The van der Waals surface area contributed by atoms with Gasteiger partial charge in [0.2, 0.25) is 0 Å². The van der Waals surface area contributed by atoms with E-state index >= 15 is 0 Å². The van der Waals surface area contributed by atoms with Gasteiger partial charge in [-0.2, -0.15) is 12.6 Å². The van der Waals surface area contributed by atoms with E-state index in [0.717, 1.165) is 12.4 Å². The van der Waals surface area contributed by atoms with Crippen LogP contribution in [0.25, 0.3) is 0 Å². The van der Waals surface area contributed by atoms with Crippen LogP contribution in [0.15, 0.2) is 0 Å². The van der Waals surface area contributed by atoms with E-state index in [1.807, 2.05) is 0 Å². The van der Waals surface area contributed by atoms with Crippen molar-refractivity contribution >= 4 is 12.6 Å². The second-order valence-corrected chi connectivity index (χ2v) is 5.85. The highest BCUT2D eigenvalue weighted by Gasteiger charge is 2.25. The van der Waals surface area contributed by atoms with Gasteiger partial charge in [0.1, 0.15) is 0 Å². The van der Waals surface area contributed by atoms with E-state index in [9.17, 15) is 0 Å². The maximum Gasteiger partial charge on any atom is 0.0575 e. The van der Waals surface area contributed by atoms with Crippen molar-refractivity contribution in [1.29, 1.82) is 0 Å². The molecule has 1 unspecified atom stereocenters. The molecule has 0 amide bonds. The standard InChI is InChI=1S/C12H24OS/c1-12(2,3)10(9-14)8-13-11-6-4-5-7-11/h10-11,14H,4-9H2,1-3H3. The van der Waals surface area contributed by atoms with Crippen molar-refractivity contribution in [2.45, 2.75) is 52.6 Å². The number of hydrogen-bond donors (Lipinski definition) is 1. The summed E-state index contributed by atoms with van der Waals surface area (Å²) in [6, 6.07) is 0. The van der Waals surface area contributed by atoms with Crippen molar-refractivity contribution in [1.82, 2.24) is 0 Å². The molecule has 0 N–H and O–H groups in total. The Morgan fingerprint density at radius 2 is 1.86 bits per heavy atom. The second-order valence-electron chi connectivity index (χ2n) is 5.49. The van der Waals surface area contributed by atoms with Gasteiger partial charge in [0.15, 0.2) is 0 Å². The summed E-state index contributed by atoms with van der Waals surface area (Å²) in [5, 5.41) is 0. The SMILES string of the molecule is CC(C)(C)C(CS)COC1CCCC1. The summed E-state index contributed by atoms with van der Waals surface area (Å²) in [5.74, 6) is 1.50.